The molecule has 2 unspecified atom stereocenters. The molecule has 0 amide bonds. The summed E-state index contributed by atoms with van der Waals surface area (Å²) >= 11 is 6.21. The largest absolute Gasteiger partial charge is 0.489 e. The highest BCUT2D eigenvalue weighted by molar-refractivity contribution is 6.32. The van der Waals surface area contributed by atoms with Crippen molar-refractivity contribution in [1.82, 2.24) is 0 Å². The van der Waals surface area contributed by atoms with Crippen LogP contribution in [-0.4, -0.2) is 23.2 Å². The summed E-state index contributed by atoms with van der Waals surface area (Å²) in [6.45, 7) is 3.91. The van der Waals surface area contributed by atoms with Crippen LogP contribution < -0.4 is 10.1 Å². The first-order chi connectivity index (χ1) is 9.95. The number of rotatable bonds is 5. The zero-order chi connectivity index (χ0) is 15.4. The van der Waals surface area contributed by atoms with E-state index in [0.29, 0.717) is 17.2 Å². The van der Waals surface area contributed by atoms with Crippen molar-refractivity contribution in [3.63, 3.8) is 0 Å². The van der Waals surface area contributed by atoms with Crippen LogP contribution in [0.5, 0.6) is 5.75 Å². The van der Waals surface area contributed by atoms with Gasteiger partial charge in [0.1, 0.15) is 5.75 Å². The molecule has 116 valence electrons. The Hall–Kier alpha value is -1.42. The Bertz CT molecular complexity index is 504. The minimum absolute atomic E-state index is 0.0796. The SMILES string of the molecule is CC(C)Oc1ccc(NC2CCCC(C(=O)O)C2)cc1Cl. The smallest absolute Gasteiger partial charge is 0.306 e. The number of carboxylic acid groups (broad SMARTS) is 1. The second kappa shape index (κ2) is 7.03. The predicted octanol–water partition coefficient (Wildman–Crippen LogP) is 4.18. The average Bonchev–Trinajstić information content (AvgIpc) is 2.42. The van der Waals surface area contributed by atoms with Crippen molar-refractivity contribution in [2.24, 2.45) is 5.92 Å². The van der Waals surface area contributed by atoms with E-state index >= 15 is 0 Å². The van der Waals surface area contributed by atoms with E-state index in [0.717, 1.165) is 24.9 Å². The molecule has 2 atom stereocenters. The number of ether oxygens (including phenoxy) is 1. The molecule has 2 rings (SSSR count). The van der Waals surface area contributed by atoms with Crippen molar-refractivity contribution >= 4 is 23.3 Å². The van der Waals surface area contributed by atoms with Crippen molar-refractivity contribution in [3.05, 3.63) is 23.2 Å². The van der Waals surface area contributed by atoms with Crippen molar-refractivity contribution in [1.29, 1.82) is 0 Å². The van der Waals surface area contributed by atoms with E-state index in [2.05, 4.69) is 5.32 Å². The summed E-state index contributed by atoms with van der Waals surface area (Å²) in [5.41, 5.74) is 0.909. The summed E-state index contributed by atoms with van der Waals surface area (Å²) in [6, 6.07) is 5.80. The normalized spacial score (nSPS) is 22.1. The maximum absolute atomic E-state index is 11.1. The van der Waals surface area contributed by atoms with Crippen LogP contribution in [0.25, 0.3) is 0 Å². The summed E-state index contributed by atoms with van der Waals surface area (Å²) in [5, 5.41) is 13.1. The second-order valence-electron chi connectivity index (χ2n) is 5.85. The van der Waals surface area contributed by atoms with E-state index in [9.17, 15) is 4.79 Å². The maximum atomic E-state index is 11.1. The number of nitrogens with one attached hydrogen (secondary N) is 1. The summed E-state index contributed by atoms with van der Waals surface area (Å²) in [7, 11) is 0. The first-order valence-corrected chi connectivity index (χ1v) is 7.79. The van der Waals surface area contributed by atoms with Gasteiger partial charge < -0.3 is 15.2 Å². The van der Waals surface area contributed by atoms with Gasteiger partial charge in [-0.3, -0.25) is 4.79 Å². The Morgan fingerprint density at radius 2 is 2.19 bits per heavy atom. The first kappa shape index (κ1) is 16.0. The lowest BCUT2D eigenvalue weighted by molar-refractivity contribution is -0.142. The molecule has 0 saturated heterocycles. The molecule has 1 saturated carbocycles. The van der Waals surface area contributed by atoms with Crippen LogP contribution in [0.15, 0.2) is 18.2 Å². The summed E-state index contributed by atoms with van der Waals surface area (Å²) < 4.78 is 5.60. The minimum Gasteiger partial charge on any atom is -0.489 e. The zero-order valence-electron chi connectivity index (χ0n) is 12.4. The summed E-state index contributed by atoms with van der Waals surface area (Å²) in [4.78, 5) is 11.1. The number of halogens is 1. The van der Waals surface area contributed by atoms with Crippen molar-refractivity contribution in [2.75, 3.05) is 5.32 Å². The van der Waals surface area contributed by atoms with Gasteiger partial charge in [0.15, 0.2) is 0 Å². The van der Waals surface area contributed by atoms with Crippen LogP contribution in [-0.2, 0) is 4.79 Å². The fraction of sp³-hybridized carbons (Fsp3) is 0.562. The molecule has 2 N–H and O–H groups in total. The highest BCUT2D eigenvalue weighted by Crippen LogP contribution is 2.31. The van der Waals surface area contributed by atoms with Gasteiger partial charge in [-0.2, -0.15) is 0 Å². The number of carbonyl (C=O) groups is 1. The van der Waals surface area contributed by atoms with E-state index in [1.807, 2.05) is 32.0 Å². The minimum atomic E-state index is -0.694. The Kier molecular flexibility index (Phi) is 5.34. The second-order valence-corrected chi connectivity index (χ2v) is 6.26. The van der Waals surface area contributed by atoms with Crippen molar-refractivity contribution in [3.8, 4) is 5.75 Å². The van der Waals surface area contributed by atoms with Gasteiger partial charge >= 0.3 is 5.97 Å². The maximum Gasteiger partial charge on any atom is 0.306 e. The van der Waals surface area contributed by atoms with Gasteiger partial charge in [0, 0.05) is 11.7 Å². The number of hydrogen-bond donors (Lipinski definition) is 2. The van der Waals surface area contributed by atoms with E-state index in [-0.39, 0.29) is 18.1 Å². The van der Waals surface area contributed by atoms with E-state index in [4.69, 9.17) is 21.4 Å². The summed E-state index contributed by atoms with van der Waals surface area (Å²) in [6.07, 6.45) is 3.45. The lowest BCUT2D eigenvalue weighted by Crippen LogP contribution is -2.30. The summed E-state index contributed by atoms with van der Waals surface area (Å²) in [5.74, 6) is -0.264. The van der Waals surface area contributed by atoms with Gasteiger partial charge in [-0.1, -0.05) is 18.0 Å². The number of anilines is 1. The van der Waals surface area contributed by atoms with Crippen molar-refractivity contribution in [2.45, 2.75) is 51.7 Å². The standard InChI is InChI=1S/C16H22ClNO3/c1-10(2)21-15-7-6-13(9-14(15)17)18-12-5-3-4-11(8-12)16(19)20/h6-7,9-12,18H,3-5,8H2,1-2H3,(H,19,20). The molecule has 0 aromatic heterocycles. The molecule has 0 bridgehead atoms. The predicted molar refractivity (Wildman–Crippen MR) is 84.2 cm³/mol. The lowest BCUT2D eigenvalue weighted by atomic mass is 9.85. The Balaban J connectivity index is 1.99. The highest BCUT2D eigenvalue weighted by Gasteiger charge is 2.26. The fourth-order valence-corrected chi connectivity index (χ4v) is 2.95. The molecule has 0 aliphatic heterocycles. The van der Waals surface area contributed by atoms with Gasteiger partial charge in [0.05, 0.1) is 17.0 Å². The molecule has 4 nitrogen and oxygen atoms in total. The number of carboxylic acids is 1. The van der Waals surface area contributed by atoms with Crippen LogP contribution in [0.1, 0.15) is 39.5 Å². The van der Waals surface area contributed by atoms with E-state index in [1.54, 1.807) is 0 Å². The van der Waals surface area contributed by atoms with Crippen LogP contribution >= 0.6 is 11.6 Å². The van der Waals surface area contributed by atoms with Gasteiger partial charge in [0.25, 0.3) is 0 Å². The molecule has 1 aliphatic carbocycles. The molecule has 1 aromatic carbocycles. The fourth-order valence-electron chi connectivity index (χ4n) is 2.72. The molecular formula is C16H22ClNO3. The molecule has 0 spiro atoms. The average molecular weight is 312 g/mol. The topological polar surface area (TPSA) is 58.6 Å². The molecule has 0 heterocycles. The van der Waals surface area contributed by atoms with Crippen LogP contribution in [0, 0.1) is 5.92 Å². The number of benzene rings is 1. The van der Waals surface area contributed by atoms with E-state index in [1.165, 1.54) is 0 Å². The highest BCUT2D eigenvalue weighted by atomic mass is 35.5. The third-order valence-electron chi connectivity index (χ3n) is 3.69. The van der Waals surface area contributed by atoms with E-state index < -0.39 is 5.97 Å². The zero-order valence-corrected chi connectivity index (χ0v) is 13.2. The number of hydrogen-bond acceptors (Lipinski definition) is 3. The van der Waals surface area contributed by atoms with Crippen LogP contribution in [0.3, 0.4) is 0 Å². The van der Waals surface area contributed by atoms with Gasteiger partial charge in [-0.15, -0.1) is 0 Å². The first-order valence-electron chi connectivity index (χ1n) is 7.41. The van der Waals surface area contributed by atoms with Gasteiger partial charge in [-0.25, -0.2) is 0 Å². The third-order valence-corrected chi connectivity index (χ3v) is 3.98. The quantitative estimate of drug-likeness (QED) is 0.856. The van der Waals surface area contributed by atoms with Gasteiger partial charge in [0.2, 0.25) is 0 Å². The Morgan fingerprint density at radius 1 is 1.43 bits per heavy atom. The molecule has 5 heteroatoms. The molecule has 0 radical (unpaired) electrons. The molecular weight excluding hydrogens is 290 g/mol. The molecule has 1 aliphatic rings. The monoisotopic (exact) mass is 311 g/mol. The number of aliphatic carboxylic acids is 1. The molecule has 1 fully saturated rings. The van der Waals surface area contributed by atoms with Crippen molar-refractivity contribution < 1.29 is 14.6 Å². The third kappa shape index (κ3) is 4.53. The van der Waals surface area contributed by atoms with Crippen LogP contribution in [0.2, 0.25) is 5.02 Å². The van der Waals surface area contributed by atoms with Crippen LogP contribution in [0.4, 0.5) is 5.69 Å². The molecule has 1 aromatic rings. The van der Waals surface area contributed by atoms with Gasteiger partial charge in [-0.05, 0) is 51.3 Å². The Morgan fingerprint density at radius 3 is 2.81 bits per heavy atom. The lowest BCUT2D eigenvalue weighted by Gasteiger charge is -2.28. The molecule has 21 heavy (non-hydrogen) atoms. The Labute approximate surface area is 130 Å².